The molecule has 0 heterocycles. The fourth-order valence-electron chi connectivity index (χ4n) is 1.55. The number of likely N-dealkylation sites (N-methyl/N-ethyl adjacent to an activating group) is 1. The number of amides is 1. The molecule has 1 aromatic carbocycles. The second kappa shape index (κ2) is 6.23. The second-order valence-corrected chi connectivity index (χ2v) is 4.76. The molecule has 3 N–H and O–H groups in total. The Bertz CT molecular complexity index is 421. The third kappa shape index (κ3) is 4.24. The summed E-state index contributed by atoms with van der Waals surface area (Å²) in [7, 11) is 1.75. The maximum absolute atomic E-state index is 12.9. The number of nitrogens with zero attached hydrogens (tertiary/aromatic N) is 1. The summed E-state index contributed by atoms with van der Waals surface area (Å²) in [6.07, 6.45) is 0. The number of carbonyl (C=O) groups excluding carboxylic acids is 1. The van der Waals surface area contributed by atoms with Crippen molar-refractivity contribution in [2.24, 2.45) is 5.92 Å². The maximum atomic E-state index is 12.9. The van der Waals surface area contributed by atoms with E-state index in [4.69, 9.17) is 5.73 Å². The number of anilines is 2. The summed E-state index contributed by atoms with van der Waals surface area (Å²) in [5, 5.41) is 2.82. The molecule has 0 atom stereocenters. The molecule has 1 amide bonds. The van der Waals surface area contributed by atoms with E-state index in [2.05, 4.69) is 5.32 Å². The molecule has 0 bridgehead atoms. The van der Waals surface area contributed by atoms with Crippen LogP contribution < -0.4 is 16.0 Å². The largest absolute Gasteiger partial charge is 0.397 e. The number of benzene rings is 1. The molecule has 0 unspecified atom stereocenters. The predicted octanol–water partition coefficient (Wildman–Crippen LogP) is 1.62. The normalized spacial score (nSPS) is 10.5. The molecule has 18 heavy (non-hydrogen) atoms. The zero-order chi connectivity index (χ0) is 13.7. The summed E-state index contributed by atoms with van der Waals surface area (Å²) in [5.74, 6) is -0.0426. The van der Waals surface area contributed by atoms with Gasteiger partial charge in [-0.1, -0.05) is 13.8 Å². The van der Waals surface area contributed by atoms with Crippen LogP contribution in [0.15, 0.2) is 18.2 Å². The second-order valence-electron chi connectivity index (χ2n) is 4.76. The number of nitrogens with one attached hydrogen (secondary N) is 1. The van der Waals surface area contributed by atoms with Gasteiger partial charge in [0.2, 0.25) is 5.91 Å². The van der Waals surface area contributed by atoms with Crippen molar-refractivity contribution in [2.75, 3.05) is 30.8 Å². The molecule has 0 aliphatic heterocycles. The highest BCUT2D eigenvalue weighted by molar-refractivity contribution is 5.82. The van der Waals surface area contributed by atoms with Gasteiger partial charge in [-0.2, -0.15) is 0 Å². The molecule has 100 valence electrons. The number of nitrogens with two attached hydrogens (primary N) is 1. The van der Waals surface area contributed by atoms with E-state index in [9.17, 15) is 9.18 Å². The van der Waals surface area contributed by atoms with Gasteiger partial charge in [-0.05, 0) is 24.1 Å². The molecular formula is C13H20FN3O. The highest BCUT2D eigenvalue weighted by Gasteiger charge is 2.10. The van der Waals surface area contributed by atoms with Gasteiger partial charge in [-0.25, -0.2) is 4.39 Å². The highest BCUT2D eigenvalue weighted by Crippen LogP contribution is 2.22. The van der Waals surface area contributed by atoms with Crippen molar-refractivity contribution in [3.8, 4) is 0 Å². The number of halogens is 1. The SMILES string of the molecule is CC(C)CNC(=O)CN(C)c1ccc(F)cc1N. The van der Waals surface area contributed by atoms with Crippen molar-refractivity contribution in [3.63, 3.8) is 0 Å². The Labute approximate surface area is 107 Å². The molecule has 0 radical (unpaired) electrons. The Hall–Kier alpha value is -1.78. The topological polar surface area (TPSA) is 58.4 Å². The molecule has 4 nitrogen and oxygen atoms in total. The Morgan fingerprint density at radius 1 is 1.50 bits per heavy atom. The third-order valence-corrected chi connectivity index (χ3v) is 2.49. The molecule has 0 aliphatic rings. The van der Waals surface area contributed by atoms with Crippen LogP contribution in [0, 0.1) is 11.7 Å². The molecule has 1 aromatic rings. The van der Waals surface area contributed by atoms with E-state index in [1.54, 1.807) is 18.0 Å². The first kappa shape index (κ1) is 14.3. The van der Waals surface area contributed by atoms with Gasteiger partial charge in [0.15, 0.2) is 0 Å². The average Bonchev–Trinajstić information content (AvgIpc) is 2.26. The molecule has 0 saturated heterocycles. The molecule has 1 rings (SSSR count). The van der Waals surface area contributed by atoms with Gasteiger partial charge in [0.05, 0.1) is 17.9 Å². The van der Waals surface area contributed by atoms with Crippen molar-refractivity contribution in [2.45, 2.75) is 13.8 Å². The van der Waals surface area contributed by atoms with Crippen LogP contribution in [0.2, 0.25) is 0 Å². The molecular weight excluding hydrogens is 233 g/mol. The number of nitrogen functional groups attached to an aromatic ring is 1. The van der Waals surface area contributed by atoms with Crippen LogP contribution in [0.4, 0.5) is 15.8 Å². The quantitative estimate of drug-likeness (QED) is 0.784. The minimum absolute atomic E-state index is 0.0741. The minimum Gasteiger partial charge on any atom is -0.397 e. The van der Waals surface area contributed by atoms with E-state index in [-0.39, 0.29) is 18.3 Å². The summed E-state index contributed by atoms with van der Waals surface area (Å²) in [5.41, 5.74) is 6.68. The van der Waals surface area contributed by atoms with E-state index >= 15 is 0 Å². The number of carbonyl (C=O) groups is 1. The molecule has 0 aliphatic carbocycles. The Morgan fingerprint density at radius 2 is 2.17 bits per heavy atom. The van der Waals surface area contributed by atoms with Crippen LogP contribution in [0.1, 0.15) is 13.8 Å². The standard InChI is InChI=1S/C13H20FN3O/c1-9(2)7-16-13(18)8-17(3)12-5-4-10(14)6-11(12)15/h4-6,9H,7-8,15H2,1-3H3,(H,16,18). The highest BCUT2D eigenvalue weighted by atomic mass is 19.1. The summed E-state index contributed by atoms with van der Waals surface area (Å²) in [6, 6.07) is 4.15. The van der Waals surface area contributed by atoms with Crippen LogP contribution in [0.25, 0.3) is 0 Å². The first-order valence-electron chi connectivity index (χ1n) is 5.93. The molecule has 0 fully saturated rings. The minimum atomic E-state index is -0.381. The summed E-state index contributed by atoms with van der Waals surface area (Å²) in [6.45, 7) is 4.90. The molecule has 0 aromatic heterocycles. The van der Waals surface area contributed by atoms with E-state index < -0.39 is 0 Å². The molecule has 0 spiro atoms. The van der Waals surface area contributed by atoms with Crippen LogP contribution >= 0.6 is 0 Å². The van der Waals surface area contributed by atoms with Crippen LogP contribution in [0.3, 0.4) is 0 Å². The maximum Gasteiger partial charge on any atom is 0.239 e. The first-order chi connectivity index (χ1) is 8.40. The van der Waals surface area contributed by atoms with Crippen LogP contribution in [-0.2, 0) is 4.79 Å². The van der Waals surface area contributed by atoms with Gasteiger partial charge < -0.3 is 16.0 Å². The lowest BCUT2D eigenvalue weighted by molar-refractivity contribution is -0.119. The third-order valence-electron chi connectivity index (χ3n) is 2.49. The van der Waals surface area contributed by atoms with Crippen molar-refractivity contribution < 1.29 is 9.18 Å². The lowest BCUT2D eigenvalue weighted by Crippen LogP contribution is -2.37. The Balaban J connectivity index is 2.59. The fraction of sp³-hybridized carbons (Fsp3) is 0.462. The van der Waals surface area contributed by atoms with Crippen LogP contribution in [0.5, 0.6) is 0 Å². The lowest BCUT2D eigenvalue weighted by Gasteiger charge is -2.20. The van der Waals surface area contributed by atoms with Gasteiger partial charge in [0.1, 0.15) is 5.82 Å². The molecule has 0 saturated carbocycles. The van der Waals surface area contributed by atoms with E-state index in [0.717, 1.165) is 0 Å². The van der Waals surface area contributed by atoms with Gasteiger partial charge in [0, 0.05) is 13.6 Å². The number of hydrogen-bond donors (Lipinski definition) is 2. The Kier molecular flexibility index (Phi) is 4.95. The van der Waals surface area contributed by atoms with Gasteiger partial charge >= 0.3 is 0 Å². The summed E-state index contributed by atoms with van der Waals surface area (Å²) >= 11 is 0. The van der Waals surface area contributed by atoms with Crippen LogP contribution in [-0.4, -0.2) is 26.0 Å². The monoisotopic (exact) mass is 253 g/mol. The van der Waals surface area contributed by atoms with Gasteiger partial charge in [-0.15, -0.1) is 0 Å². The number of rotatable bonds is 5. The van der Waals surface area contributed by atoms with E-state index in [1.165, 1.54) is 12.1 Å². The smallest absolute Gasteiger partial charge is 0.239 e. The predicted molar refractivity (Wildman–Crippen MR) is 71.9 cm³/mol. The zero-order valence-corrected chi connectivity index (χ0v) is 11.0. The van der Waals surface area contributed by atoms with E-state index in [1.807, 2.05) is 13.8 Å². The Morgan fingerprint density at radius 3 is 2.72 bits per heavy atom. The van der Waals surface area contributed by atoms with Gasteiger partial charge in [0.25, 0.3) is 0 Å². The number of hydrogen-bond acceptors (Lipinski definition) is 3. The van der Waals surface area contributed by atoms with Crippen molar-refractivity contribution in [3.05, 3.63) is 24.0 Å². The average molecular weight is 253 g/mol. The molecule has 5 heteroatoms. The van der Waals surface area contributed by atoms with Gasteiger partial charge in [-0.3, -0.25) is 4.79 Å². The van der Waals surface area contributed by atoms with Crippen molar-refractivity contribution in [1.29, 1.82) is 0 Å². The summed E-state index contributed by atoms with van der Waals surface area (Å²) < 4.78 is 12.9. The zero-order valence-electron chi connectivity index (χ0n) is 11.0. The van der Waals surface area contributed by atoms with Crippen molar-refractivity contribution in [1.82, 2.24) is 5.32 Å². The first-order valence-corrected chi connectivity index (χ1v) is 5.93. The van der Waals surface area contributed by atoms with Crippen molar-refractivity contribution >= 4 is 17.3 Å². The summed E-state index contributed by atoms with van der Waals surface area (Å²) in [4.78, 5) is 13.3. The fourth-order valence-corrected chi connectivity index (χ4v) is 1.55. The van der Waals surface area contributed by atoms with E-state index in [0.29, 0.717) is 23.8 Å². The lowest BCUT2D eigenvalue weighted by atomic mass is 10.2.